The first-order valence-corrected chi connectivity index (χ1v) is 4.88. The second kappa shape index (κ2) is 3.38. The van der Waals surface area contributed by atoms with Crippen LogP contribution in [0.5, 0.6) is 0 Å². The van der Waals surface area contributed by atoms with Crippen LogP contribution >= 0.6 is 0 Å². The van der Waals surface area contributed by atoms with Crippen molar-refractivity contribution in [2.24, 2.45) is 5.92 Å². The maximum atomic E-state index is 8.70. The van der Waals surface area contributed by atoms with Crippen LogP contribution in [-0.2, 0) is 0 Å². The number of nitrogens with zero attached hydrogens (tertiary/aromatic N) is 5. The van der Waals surface area contributed by atoms with E-state index in [1.165, 1.54) is 0 Å². The Morgan fingerprint density at radius 1 is 1.44 bits per heavy atom. The lowest BCUT2D eigenvalue weighted by molar-refractivity contribution is 0.378. The third kappa shape index (κ3) is 1.42. The standard InChI is InChI=1S/C10H7N5O/c11-4-6-3-7(6)10-14-9(15-16-10)8-5-12-1-2-13-8/h1-2,5-7H,3H2. The summed E-state index contributed by atoms with van der Waals surface area (Å²) in [5.41, 5.74) is 0.576. The number of hydrogen-bond donors (Lipinski definition) is 0. The molecule has 2 heterocycles. The average molecular weight is 213 g/mol. The third-order valence-electron chi connectivity index (χ3n) is 2.51. The van der Waals surface area contributed by atoms with E-state index in [0.29, 0.717) is 17.4 Å². The minimum absolute atomic E-state index is 0.0233. The molecule has 0 radical (unpaired) electrons. The van der Waals surface area contributed by atoms with Crippen LogP contribution < -0.4 is 0 Å². The highest BCUT2D eigenvalue weighted by Crippen LogP contribution is 2.46. The largest absolute Gasteiger partial charge is 0.339 e. The molecule has 0 aromatic carbocycles. The summed E-state index contributed by atoms with van der Waals surface area (Å²) in [5.74, 6) is 1.07. The number of nitriles is 1. The van der Waals surface area contributed by atoms with Gasteiger partial charge < -0.3 is 4.52 Å². The lowest BCUT2D eigenvalue weighted by Gasteiger charge is -1.88. The summed E-state index contributed by atoms with van der Waals surface area (Å²) in [5, 5.41) is 12.5. The molecule has 3 rings (SSSR count). The smallest absolute Gasteiger partial charge is 0.231 e. The summed E-state index contributed by atoms with van der Waals surface area (Å²) in [6.07, 6.45) is 5.53. The Kier molecular flexibility index (Phi) is 1.90. The molecule has 2 atom stereocenters. The third-order valence-corrected chi connectivity index (χ3v) is 2.51. The number of aromatic nitrogens is 4. The summed E-state index contributed by atoms with van der Waals surface area (Å²) in [6, 6.07) is 2.18. The Hall–Kier alpha value is -2.29. The molecule has 1 fully saturated rings. The molecule has 2 aromatic rings. The Labute approximate surface area is 91.0 Å². The second-order valence-electron chi connectivity index (χ2n) is 3.62. The van der Waals surface area contributed by atoms with E-state index < -0.39 is 0 Å². The molecule has 2 unspecified atom stereocenters. The van der Waals surface area contributed by atoms with Gasteiger partial charge in [-0.3, -0.25) is 4.98 Å². The van der Waals surface area contributed by atoms with E-state index in [1.807, 2.05) is 0 Å². The van der Waals surface area contributed by atoms with Gasteiger partial charge in [0.2, 0.25) is 11.7 Å². The van der Waals surface area contributed by atoms with Gasteiger partial charge in [-0.25, -0.2) is 4.98 Å². The molecule has 1 saturated carbocycles. The molecule has 6 heteroatoms. The maximum absolute atomic E-state index is 8.70. The zero-order valence-corrected chi connectivity index (χ0v) is 8.24. The zero-order valence-electron chi connectivity index (χ0n) is 8.24. The SMILES string of the molecule is N#CC1CC1c1nc(-c2cnccn2)no1. The van der Waals surface area contributed by atoms with Crippen molar-refractivity contribution in [3.8, 4) is 17.6 Å². The number of rotatable bonds is 2. The van der Waals surface area contributed by atoms with Gasteiger partial charge in [0.1, 0.15) is 5.69 Å². The quantitative estimate of drug-likeness (QED) is 0.743. The fourth-order valence-corrected chi connectivity index (χ4v) is 1.52. The molecule has 0 saturated heterocycles. The van der Waals surface area contributed by atoms with Crippen molar-refractivity contribution in [2.45, 2.75) is 12.3 Å². The van der Waals surface area contributed by atoms with Crippen LogP contribution in [0.3, 0.4) is 0 Å². The van der Waals surface area contributed by atoms with Gasteiger partial charge in [-0.2, -0.15) is 10.2 Å². The van der Waals surface area contributed by atoms with Crippen molar-refractivity contribution in [2.75, 3.05) is 0 Å². The highest BCUT2D eigenvalue weighted by Gasteiger charge is 2.43. The molecule has 0 N–H and O–H groups in total. The van der Waals surface area contributed by atoms with Gasteiger partial charge in [-0.15, -0.1) is 0 Å². The lowest BCUT2D eigenvalue weighted by atomic mass is 10.3. The van der Waals surface area contributed by atoms with Crippen LogP contribution in [-0.4, -0.2) is 20.1 Å². The number of hydrogen-bond acceptors (Lipinski definition) is 6. The van der Waals surface area contributed by atoms with Crippen LogP contribution in [0.25, 0.3) is 11.5 Å². The summed E-state index contributed by atoms with van der Waals surface area (Å²) in [7, 11) is 0. The van der Waals surface area contributed by atoms with Crippen molar-refractivity contribution < 1.29 is 4.52 Å². The lowest BCUT2D eigenvalue weighted by Crippen LogP contribution is -1.87. The first-order valence-electron chi connectivity index (χ1n) is 4.88. The monoisotopic (exact) mass is 213 g/mol. The Morgan fingerprint density at radius 3 is 3.06 bits per heavy atom. The average Bonchev–Trinajstić information content (AvgIpc) is 2.98. The van der Waals surface area contributed by atoms with E-state index in [4.69, 9.17) is 9.78 Å². The van der Waals surface area contributed by atoms with Crippen LogP contribution in [0.1, 0.15) is 18.2 Å². The normalized spacial score (nSPS) is 22.7. The van der Waals surface area contributed by atoms with Gasteiger partial charge in [0.05, 0.1) is 24.1 Å². The van der Waals surface area contributed by atoms with Crippen LogP contribution in [0.15, 0.2) is 23.1 Å². The van der Waals surface area contributed by atoms with E-state index in [-0.39, 0.29) is 11.8 Å². The van der Waals surface area contributed by atoms with E-state index in [1.54, 1.807) is 18.6 Å². The van der Waals surface area contributed by atoms with E-state index >= 15 is 0 Å². The predicted octanol–water partition coefficient (Wildman–Crippen LogP) is 1.15. The fraction of sp³-hybridized carbons (Fsp3) is 0.300. The Balaban J connectivity index is 1.87. The van der Waals surface area contributed by atoms with Gasteiger partial charge in [-0.1, -0.05) is 5.16 Å². The van der Waals surface area contributed by atoms with Crippen molar-refractivity contribution in [3.05, 3.63) is 24.5 Å². The molecule has 0 amide bonds. The summed E-state index contributed by atoms with van der Waals surface area (Å²) in [4.78, 5) is 12.2. The molecule has 2 aromatic heterocycles. The molecular weight excluding hydrogens is 206 g/mol. The van der Waals surface area contributed by atoms with Gasteiger partial charge in [-0.05, 0) is 6.42 Å². The first-order chi connectivity index (χ1) is 7.88. The second-order valence-corrected chi connectivity index (χ2v) is 3.62. The van der Waals surface area contributed by atoms with Gasteiger partial charge in [0.25, 0.3) is 0 Å². The van der Waals surface area contributed by atoms with Gasteiger partial charge in [0.15, 0.2) is 0 Å². The molecule has 0 bridgehead atoms. The van der Waals surface area contributed by atoms with E-state index in [2.05, 4.69) is 26.2 Å². The summed E-state index contributed by atoms with van der Waals surface area (Å²) < 4.78 is 5.10. The summed E-state index contributed by atoms with van der Waals surface area (Å²) >= 11 is 0. The van der Waals surface area contributed by atoms with Gasteiger partial charge in [0, 0.05) is 12.4 Å². The molecule has 1 aliphatic carbocycles. The molecule has 1 aliphatic rings. The fourth-order valence-electron chi connectivity index (χ4n) is 1.52. The molecular formula is C10H7N5O. The van der Waals surface area contributed by atoms with Crippen LogP contribution in [0, 0.1) is 17.2 Å². The van der Waals surface area contributed by atoms with Crippen molar-refractivity contribution in [1.82, 2.24) is 20.1 Å². The molecule has 78 valence electrons. The van der Waals surface area contributed by atoms with Crippen LogP contribution in [0.2, 0.25) is 0 Å². The molecule has 6 nitrogen and oxygen atoms in total. The molecule has 0 aliphatic heterocycles. The Morgan fingerprint density at radius 2 is 2.38 bits per heavy atom. The predicted molar refractivity (Wildman–Crippen MR) is 51.8 cm³/mol. The molecule has 0 spiro atoms. The highest BCUT2D eigenvalue weighted by atomic mass is 16.5. The minimum atomic E-state index is 0.0233. The topological polar surface area (TPSA) is 88.5 Å². The Bertz CT molecular complexity index is 544. The summed E-state index contributed by atoms with van der Waals surface area (Å²) in [6.45, 7) is 0. The van der Waals surface area contributed by atoms with Crippen molar-refractivity contribution >= 4 is 0 Å². The first kappa shape index (κ1) is 8.97. The van der Waals surface area contributed by atoms with Crippen molar-refractivity contribution in [3.63, 3.8) is 0 Å². The van der Waals surface area contributed by atoms with E-state index in [9.17, 15) is 0 Å². The van der Waals surface area contributed by atoms with Crippen LogP contribution in [0.4, 0.5) is 0 Å². The zero-order chi connectivity index (χ0) is 11.0. The molecule has 16 heavy (non-hydrogen) atoms. The highest BCUT2D eigenvalue weighted by molar-refractivity contribution is 5.45. The van der Waals surface area contributed by atoms with Gasteiger partial charge >= 0.3 is 0 Å². The van der Waals surface area contributed by atoms with Crippen molar-refractivity contribution in [1.29, 1.82) is 5.26 Å². The maximum Gasteiger partial charge on any atom is 0.231 e. The minimum Gasteiger partial charge on any atom is -0.339 e. The van der Waals surface area contributed by atoms with E-state index in [0.717, 1.165) is 6.42 Å².